The van der Waals surface area contributed by atoms with E-state index < -0.39 is 0 Å². The number of hydrogen-bond donors (Lipinski definition) is 0. The molecule has 0 radical (unpaired) electrons. The number of ether oxygens (including phenoxy) is 1. The number of hydrogen-bond acceptors (Lipinski definition) is 1. The minimum atomic E-state index is -0.135. The molecule has 1 nitrogen and oxygen atoms in total. The average molecular weight is 180 g/mol. The third-order valence-corrected chi connectivity index (χ3v) is 2.82. The fourth-order valence-corrected chi connectivity index (χ4v) is 1.79. The summed E-state index contributed by atoms with van der Waals surface area (Å²) in [4.78, 5) is 0. The first-order valence-corrected chi connectivity index (χ1v) is 5.17. The zero-order valence-electron chi connectivity index (χ0n) is 8.75. The molecule has 0 aromatic heterocycles. The van der Waals surface area contributed by atoms with E-state index in [0.29, 0.717) is 5.92 Å². The summed E-state index contributed by atoms with van der Waals surface area (Å²) in [6, 6.07) is 0. The molecule has 0 amide bonds. The second kappa shape index (κ2) is 4.61. The van der Waals surface area contributed by atoms with Crippen LogP contribution in [-0.4, -0.2) is 12.2 Å². The van der Waals surface area contributed by atoms with Gasteiger partial charge in [0, 0.05) is 12.5 Å². The minimum absolute atomic E-state index is 0.135. The van der Waals surface area contributed by atoms with Gasteiger partial charge in [-0.1, -0.05) is 25.2 Å². The maximum Gasteiger partial charge on any atom is 0.0894 e. The molecule has 13 heavy (non-hydrogen) atoms. The van der Waals surface area contributed by atoms with Crippen LogP contribution in [0.1, 0.15) is 33.1 Å². The zero-order chi connectivity index (χ0) is 9.73. The first-order valence-electron chi connectivity index (χ1n) is 5.17. The van der Waals surface area contributed by atoms with E-state index in [1.54, 1.807) is 0 Å². The van der Waals surface area contributed by atoms with Crippen LogP contribution in [-0.2, 0) is 4.74 Å². The summed E-state index contributed by atoms with van der Waals surface area (Å²) in [5, 5.41) is 0. The van der Waals surface area contributed by atoms with E-state index in [4.69, 9.17) is 4.74 Å². The molecule has 1 saturated heterocycles. The first-order chi connectivity index (χ1) is 6.23. The monoisotopic (exact) mass is 180 g/mol. The fraction of sp³-hybridized carbons (Fsp3) is 0.667. The maximum atomic E-state index is 5.75. The van der Waals surface area contributed by atoms with Gasteiger partial charge in [0.25, 0.3) is 0 Å². The van der Waals surface area contributed by atoms with Crippen LogP contribution in [0.3, 0.4) is 0 Å². The molecule has 1 fully saturated rings. The second-order valence-corrected chi connectivity index (χ2v) is 3.82. The fourth-order valence-electron chi connectivity index (χ4n) is 1.79. The molecular formula is C12H20O. The van der Waals surface area contributed by atoms with Crippen LogP contribution < -0.4 is 0 Å². The van der Waals surface area contributed by atoms with Crippen molar-refractivity contribution in [3.63, 3.8) is 0 Å². The summed E-state index contributed by atoms with van der Waals surface area (Å²) >= 11 is 0. The van der Waals surface area contributed by atoms with E-state index in [1.807, 2.05) is 6.08 Å². The largest absolute Gasteiger partial charge is 0.371 e. The zero-order valence-corrected chi connectivity index (χ0v) is 8.75. The van der Waals surface area contributed by atoms with Gasteiger partial charge in [-0.3, -0.25) is 0 Å². The van der Waals surface area contributed by atoms with Gasteiger partial charge in [-0.25, -0.2) is 0 Å². The summed E-state index contributed by atoms with van der Waals surface area (Å²) in [5.41, 5.74) is -0.135. The molecule has 0 aliphatic carbocycles. The van der Waals surface area contributed by atoms with E-state index in [9.17, 15) is 0 Å². The SMILES string of the molecule is C=CC1(C)OCCCC1C=CCC. The van der Waals surface area contributed by atoms with Gasteiger partial charge in [-0.05, 0) is 26.2 Å². The van der Waals surface area contributed by atoms with Gasteiger partial charge in [0.2, 0.25) is 0 Å². The molecule has 2 atom stereocenters. The van der Waals surface area contributed by atoms with E-state index in [0.717, 1.165) is 13.0 Å². The highest BCUT2D eigenvalue weighted by atomic mass is 16.5. The van der Waals surface area contributed by atoms with Crippen LogP contribution in [0.15, 0.2) is 24.8 Å². The van der Waals surface area contributed by atoms with Crippen LogP contribution in [0.2, 0.25) is 0 Å². The van der Waals surface area contributed by atoms with Crippen molar-refractivity contribution in [2.45, 2.75) is 38.7 Å². The van der Waals surface area contributed by atoms with Crippen molar-refractivity contribution in [1.29, 1.82) is 0 Å². The third-order valence-electron chi connectivity index (χ3n) is 2.82. The van der Waals surface area contributed by atoms with Crippen molar-refractivity contribution in [1.82, 2.24) is 0 Å². The molecule has 0 aromatic carbocycles. The molecule has 1 rings (SSSR count). The molecule has 0 spiro atoms. The third kappa shape index (κ3) is 2.44. The molecule has 2 unspecified atom stereocenters. The lowest BCUT2D eigenvalue weighted by Gasteiger charge is -2.37. The number of allylic oxidation sites excluding steroid dienone is 1. The molecule has 1 aliphatic rings. The number of rotatable bonds is 3. The Labute approximate surface area is 81.5 Å². The summed E-state index contributed by atoms with van der Waals surface area (Å²) in [6.07, 6.45) is 9.93. The summed E-state index contributed by atoms with van der Waals surface area (Å²) in [7, 11) is 0. The molecule has 0 aromatic rings. The Morgan fingerprint density at radius 1 is 1.62 bits per heavy atom. The standard InChI is InChI=1S/C12H20O/c1-4-6-8-11-9-7-10-13-12(11,3)5-2/h5-6,8,11H,2,4,7,9-10H2,1,3H3. The van der Waals surface area contributed by atoms with Crippen molar-refractivity contribution >= 4 is 0 Å². The van der Waals surface area contributed by atoms with E-state index in [1.165, 1.54) is 12.8 Å². The molecule has 0 bridgehead atoms. The Kier molecular flexibility index (Phi) is 3.73. The maximum absolute atomic E-state index is 5.75. The minimum Gasteiger partial charge on any atom is -0.371 e. The predicted molar refractivity (Wildman–Crippen MR) is 56.7 cm³/mol. The van der Waals surface area contributed by atoms with Gasteiger partial charge in [0.1, 0.15) is 0 Å². The molecule has 1 heteroatoms. The molecular weight excluding hydrogens is 160 g/mol. The van der Waals surface area contributed by atoms with Crippen LogP contribution in [0, 0.1) is 5.92 Å². The van der Waals surface area contributed by atoms with Crippen molar-refractivity contribution < 1.29 is 4.74 Å². The van der Waals surface area contributed by atoms with Crippen molar-refractivity contribution in [3.8, 4) is 0 Å². The highest BCUT2D eigenvalue weighted by Crippen LogP contribution is 2.32. The van der Waals surface area contributed by atoms with Crippen LogP contribution >= 0.6 is 0 Å². The summed E-state index contributed by atoms with van der Waals surface area (Å²) in [5.74, 6) is 0.513. The highest BCUT2D eigenvalue weighted by molar-refractivity contribution is 5.08. The molecule has 0 saturated carbocycles. The summed E-state index contributed by atoms with van der Waals surface area (Å²) in [6.45, 7) is 9.02. The Morgan fingerprint density at radius 2 is 2.38 bits per heavy atom. The Balaban J connectivity index is 2.67. The lowest BCUT2D eigenvalue weighted by atomic mass is 9.83. The van der Waals surface area contributed by atoms with Gasteiger partial charge in [0.05, 0.1) is 5.60 Å². The summed E-state index contributed by atoms with van der Waals surface area (Å²) < 4.78 is 5.75. The normalized spacial score (nSPS) is 35.1. The Morgan fingerprint density at radius 3 is 3.00 bits per heavy atom. The van der Waals surface area contributed by atoms with Gasteiger partial charge in [-0.15, -0.1) is 6.58 Å². The van der Waals surface area contributed by atoms with E-state index >= 15 is 0 Å². The van der Waals surface area contributed by atoms with Gasteiger partial charge in [0.15, 0.2) is 0 Å². The van der Waals surface area contributed by atoms with Gasteiger partial charge >= 0.3 is 0 Å². The molecule has 74 valence electrons. The van der Waals surface area contributed by atoms with Crippen LogP contribution in [0.25, 0.3) is 0 Å². The van der Waals surface area contributed by atoms with Gasteiger partial charge in [-0.2, -0.15) is 0 Å². The van der Waals surface area contributed by atoms with Gasteiger partial charge < -0.3 is 4.74 Å². The van der Waals surface area contributed by atoms with E-state index in [2.05, 4.69) is 32.6 Å². The molecule has 1 heterocycles. The molecule has 1 aliphatic heterocycles. The highest BCUT2D eigenvalue weighted by Gasteiger charge is 2.32. The van der Waals surface area contributed by atoms with Crippen molar-refractivity contribution in [3.05, 3.63) is 24.8 Å². The smallest absolute Gasteiger partial charge is 0.0894 e. The quantitative estimate of drug-likeness (QED) is 0.605. The predicted octanol–water partition coefficient (Wildman–Crippen LogP) is 3.32. The Hall–Kier alpha value is -0.560. The average Bonchev–Trinajstić information content (AvgIpc) is 2.17. The second-order valence-electron chi connectivity index (χ2n) is 3.82. The lowest BCUT2D eigenvalue weighted by Crippen LogP contribution is -2.38. The lowest BCUT2D eigenvalue weighted by molar-refractivity contribution is -0.0570. The van der Waals surface area contributed by atoms with E-state index in [-0.39, 0.29) is 5.60 Å². The topological polar surface area (TPSA) is 9.23 Å². The first kappa shape index (κ1) is 10.5. The Bertz CT molecular complexity index is 195. The van der Waals surface area contributed by atoms with Crippen LogP contribution in [0.4, 0.5) is 0 Å². The molecule has 0 N–H and O–H groups in total. The van der Waals surface area contributed by atoms with Crippen LogP contribution in [0.5, 0.6) is 0 Å². The van der Waals surface area contributed by atoms with Crippen molar-refractivity contribution in [2.24, 2.45) is 5.92 Å². The van der Waals surface area contributed by atoms with Crippen molar-refractivity contribution in [2.75, 3.05) is 6.61 Å².